The maximum Gasteiger partial charge on any atom is 0.330 e. The van der Waals surface area contributed by atoms with Gasteiger partial charge < -0.3 is 10.4 Å². The number of hydrogen-bond donors (Lipinski definition) is 2. The number of carboxylic acids is 1. The van der Waals surface area contributed by atoms with E-state index in [1.807, 2.05) is 13.2 Å². The monoisotopic (exact) mass is 263 g/mol. The van der Waals surface area contributed by atoms with Gasteiger partial charge in [-0.05, 0) is 18.4 Å². The van der Waals surface area contributed by atoms with Gasteiger partial charge in [0.25, 0.3) is 0 Å². The van der Waals surface area contributed by atoms with Crippen molar-refractivity contribution in [1.82, 2.24) is 5.32 Å². The van der Waals surface area contributed by atoms with Crippen molar-refractivity contribution in [3.8, 4) is 0 Å². The van der Waals surface area contributed by atoms with Gasteiger partial charge in [0.05, 0.1) is 0 Å². The van der Waals surface area contributed by atoms with Gasteiger partial charge in [0.2, 0.25) is 5.91 Å². The van der Waals surface area contributed by atoms with Crippen molar-refractivity contribution in [3.05, 3.63) is 0 Å². The van der Waals surface area contributed by atoms with Crippen molar-refractivity contribution in [2.45, 2.75) is 30.6 Å². The predicted octanol–water partition coefficient (Wildman–Crippen LogP) is 1.20. The number of nitrogens with one attached hydrogen (secondary N) is 1. The highest BCUT2D eigenvalue weighted by Crippen LogP contribution is 2.28. The third-order valence-electron chi connectivity index (χ3n) is 2.68. The van der Waals surface area contributed by atoms with Gasteiger partial charge in [-0.15, -0.1) is 0 Å². The summed E-state index contributed by atoms with van der Waals surface area (Å²) in [4.78, 5) is 22.9. The van der Waals surface area contributed by atoms with Crippen LogP contribution in [0.2, 0.25) is 0 Å². The van der Waals surface area contributed by atoms with Crippen LogP contribution < -0.4 is 5.32 Å². The second kappa shape index (κ2) is 5.82. The van der Waals surface area contributed by atoms with Crippen molar-refractivity contribution >= 4 is 35.4 Å². The Hall–Kier alpha value is -0.360. The molecule has 4 nitrogen and oxygen atoms in total. The average molecular weight is 263 g/mol. The van der Waals surface area contributed by atoms with Gasteiger partial charge in [-0.3, -0.25) is 4.79 Å². The standard InChI is InChI=1S/C10H17NO3S2/c1-7(15-2)5-8(12)11-10(9(13)14)3-4-16-6-10/h7H,3-6H2,1-2H3,(H,11,12)(H,13,14). The Balaban J connectivity index is 2.56. The lowest BCUT2D eigenvalue weighted by atomic mass is 9.99. The lowest BCUT2D eigenvalue weighted by Gasteiger charge is -2.25. The third kappa shape index (κ3) is 3.31. The molecule has 0 radical (unpaired) electrons. The summed E-state index contributed by atoms with van der Waals surface area (Å²) in [5.41, 5.74) is -1.03. The van der Waals surface area contributed by atoms with Gasteiger partial charge >= 0.3 is 5.97 Å². The van der Waals surface area contributed by atoms with Crippen molar-refractivity contribution in [2.75, 3.05) is 17.8 Å². The second-order valence-corrected chi connectivity index (χ2v) is 6.37. The van der Waals surface area contributed by atoms with E-state index in [2.05, 4.69) is 5.32 Å². The van der Waals surface area contributed by atoms with E-state index in [0.717, 1.165) is 5.75 Å². The summed E-state index contributed by atoms with van der Waals surface area (Å²) >= 11 is 3.18. The molecule has 0 aromatic rings. The zero-order valence-corrected chi connectivity index (χ0v) is 11.1. The number of thioether (sulfide) groups is 2. The predicted molar refractivity (Wildman–Crippen MR) is 68.0 cm³/mol. The van der Waals surface area contributed by atoms with E-state index in [-0.39, 0.29) is 11.2 Å². The fraction of sp³-hybridized carbons (Fsp3) is 0.800. The Bertz CT molecular complexity index is 277. The summed E-state index contributed by atoms with van der Waals surface area (Å²) in [5, 5.41) is 12.1. The highest BCUT2D eigenvalue weighted by atomic mass is 32.2. The number of hydrogen-bond acceptors (Lipinski definition) is 4. The van der Waals surface area contributed by atoms with Crippen molar-refractivity contribution in [1.29, 1.82) is 0 Å². The molecule has 2 atom stereocenters. The highest BCUT2D eigenvalue weighted by Gasteiger charge is 2.43. The number of aliphatic carboxylic acids is 1. The maximum absolute atomic E-state index is 11.7. The quantitative estimate of drug-likeness (QED) is 0.780. The van der Waals surface area contributed by atoms with Crippen LogP contribution in [-0.4, -0.2) is 45.5 Å². The van der Waals surface area contributed by atoms with Crippen LogP contribution in [-0.2, 0) is 9.59 Å². The number of carbonyl (C=O) groups is 2. The minimum atomic E-state index is -1.03. The van der Waals surface area contributed by atoms with Crippen molar-refractivity contribution in [3.63, 3.8) is 0 Å². The molecule has 6 heteroatoms. The third-order valence-corrected chi connectivity index (χ3v) is 4.85. The molecule has 0 aliphatic carbocycles. The van der Waals surface area contributed by atoms with E-state index in [9.17, 15) is 14.7 Å². The van der Waals surface area contributed by atoms with E-state index >= 15 is 0 Å². The summed E-state index contributed by atoms with van der Waals surface area (Å²) in [6.07, 6.45) is 2.84. The second-order valence-electron chi connectivity index (χ2n) is 3.99. The van der Waals surface area contributed by atoms with Crippen LogP contribution in [0.4, 0.5) is 0 Å². The first-order chi connectivity index (χ1) is 7.50. The fourth-order valence-corrected chi connectivity index (χ4v) is 3.19. The molecule has 16 heavy (non-hydrogen) atoms. The Kier molecular flexibility index (Phi) is 4.98. The zero-order valence-electron chi connectivity index (χ0n) is 9.49. The number of rotatable bonds is 5. The summed E-state index contributed by atoms with van der Waals surface area (Å²) < 4.78 is 0. The molecule has 2 N–H and O–H groups in total. The Morgan fingerprint density at radius 3 is 2.75 bits per heavy atom. The van der Waals surface area contributed by atoms with Gasteiger partial charge in [-0.25, -0.2) is 4.79 Å². The molecule has 0 aromatic heterocycles. The van der Waals surface area contributed by atoms with Crippen LogP contribution in [0.5, 0.6) is 0 Å². The maximum atomic E-state index is 11.7. The molecule has 0 bridgehead atoms. The molecule has 1 fully saturated rings. The fourth-order valence-electron chi connectivity index (χ4n) is 1.55. The molecular formula is C10H17NO3S2. The number of carboxylic acid groups (broad SMARTS) is 1. The topological polar surface area (TPSA) is 66.4 Å². The molecular weight excluding hydrogens is 246 g/mol. The Morgan fingerprint density at radius 1 is 1.62 bits per heavy atom. The van der Waals surface area contributed by atoms with Crippen LogP contribution in [0, 0.1) is 0 Å². The lowest BCUT2D eigenvalue weighted by Crippen LogP contribution is -2.55. The molecule has 92 valence electrons. The van der Waals surface area contributed by atoms with E-state index in [4.69, 9.17) is 0 Å². The van der Waals surface area contributed by atoms with Gasteiger partial charge in [0, 0.05) is 17.4 Å². The van der Waals surface area contributed by atoms with Gasteiger partial charge in [-0.2, -0.15) is 23.5 Å². The molecule has 0 spiro atoms. The molecule has 0 aromatic carbocycles. The molecule has 1 rings (SSSR count). The Labute approximate surface area is 104 Å². The molecule has 1 saturated heterocycles. The van der Waals surface area contributed by atoms with Crippen LogP contribution in [0.3, 0.4) is 0 Å². The molecule has 2 unspecified atom stereocenters. The normalized spacial score (nSPS) is 26.4. The molecule has 1 amide bonds. The van der Waals surface area contributed by atoms with Crippen molar-refractivity contribution < 1.29 is 14.7 Å². The highest BCUT2D eigenvalue weighted by molar-refractivity contribution is 7.99. The summed E-state index contributed by atoms with van der Waals surface area (Å²) in [6, 6.07) is 0. The summed E-state index contributed by atoms with van der Waals surface area (Å²) in [7, 11) is 0. The van der Waals surface area contributed by atoms with Gasteiger partial charge in [0.1, 0.15) is 5.54 Å². The first-order valence-corrected chi connectivity index (χ1v) is 7.59. The first-order valence-electron chi connectivity index (χ1n) is 5.15. The van der Waals surface area contributed by atoms with Crippen LogP contribution in [0.15, 0.2) is 0 Å². The molecule has 1 aliphatic rings. The number of carbonyl (C=O) groups excluding carboxylic acids is 1. The van der Waals surface area contributed by atoms with E-state index in [1.54, 1.807) is 23.5 Å². The Morgan fingerprint density at radius 2 is 2.31 bits per heavy atom. The minimum Gasteiger partial charge on any atom is -0.479 e. The summed E-state index contributed by atoms with van der Waals surface area (Å²) in [5.74, 6) is 0.196. The lowest BCUT2D eigenvalue weighted by molar-refractivity contribution is -0.146. The van der Waals surface area contributed by atoms with E-state index < -0.39 is 11.5 Å². The molecule has 0 saturated carbocycles. The van der Waals surface area contributed by atoms with Crippen LogP contribution in [0.25, 0.3) is 0 Å². The SMILES string of the molecule is CSC(C)CC(=O)NC1(C(=O)O)CCSC1. The van der Waals surface area contributed by atoms with Gasteiger partial charge in [0.15, 0.2) is 0 Å². The van der Waals surface area contributed by atoms with E-state index in [0.29, 0.717) is 18.6 Å². The zero-order chi connectivity index (χ0) is 12.2. The summed E-state index contributed by atoms with van der Waals surface area (Å²) in [6.45, 7) is 1.96. The number of amides is 1. The van der Waals surface area contributed by atoms with Crippen LogP contribution in [0.1, 0.15) is 19.8 Å². The van der Waals surface area contributed by atoms with Crippen LogP contribution >= 0.6 is 23.5 Å². The smallest absolute Gasteiger partial charge is 0.330 e. The first kappa shape index (κ1) is 13.7. The molecule has 1 heterocycles. The molecule has 1 aliphatic heterocycles. The minimum absolute atomic E-state index is 0.160. The van der Waals surface area contributed by atoms with Gasteiger partial charge in [-0.1, -0.05) is 6.92 Å². The van der Waals surface area contributed by atoms with Crippen molar-refractivity contribution in [2.24, 2.45) is 0 Å². The average Bonchev–Trinajstić information content (AvgIpc) is 2.67. The van der Waals surface area contributed by atoms with E-state index in [1.165, 1.54) is 0 Å². The largest absolute Gasteiger partial charge is 0.479 e.